The lowest BCUT2D eigenvalue weighted by Crippen LogP contribution is -2.24. The number of nitrogens with zero attached hydrogens (tertiary/aromatic N) is 1. The number of hydrogen-bond acceptors (Lipinski definition) is 3. The minimum Gasteiger partial charge on any atom is -0.445 e. The summed E-state index contributed by atoms with van der Waals surface area (Å²) in [5, 5.41) is 2.64. The van der Waals surface area contributed by atoms with Gasteiger partial charge in [-0.25, -0.2) is 9.78 Å². The fourth-order valence-corrected chi connectivity index (χ4v) is 1.48. The van der Waals surface area contributed by atoms with Crippen LogP contribution in [0.4, 0.5) is 4.79 Å². The standard InChI is InChI=1S/C15H15N3O2/c19-15(20-12-13-6-2-1-3-7-13)18-9-5-4-8-14-16-10-11-17-14/h1-3,6-7,10-11H,5,9,12H2,(H,16,17)(H,18,19). The van der Waals surface area contributed by atoms with Crippen LogP contribution in [0.15, 0.2) is 42.7 Å². The second-order valence-electron chi connectivity index (χ2n) is 3.98. The van der Waals surface area contributed by atoms with Crippen molar-refractivity contribution in [3.8, 4) is 11.8 Å². The van der Waals surface area contributed by atoms with Crippen molar-refractivity contribution in [1.29, 1.82) is 0 Å². The Morgan fingerprint density at radius 2 is 2.20 bits per heavy atom. The second-order valence-corrected chi connectivity index (χ2v) is 3.98. The summed E-state index contributed by atoms with van der Waals surface area (Å²) in [5.41, 5.74) is 0.959. The van der Waals surface area contributed by atoms with E-state index < -0.39 is 6.09 Å². The van der Waals surface area contributed by atoms with Crippen LogP contribution in [-0.4, -0.2) is 22.6 Å². The van der Waals surface area contributed by atoms with Crippen molar-refractivity contribution in [3.05, 3.63) is 54.1 Å². The van der Waals surface area contributed by atoms with Crippen molar-refractivity contribution in [2.24, 2.45) is 0 Å². The van der Waals surface area contributed by atoms with E-state index in [0.717, 1.165) is 5.56 Å². The van der Waals surface area contributed by atoms with Crippen LogP contribution in [0.5, 0.6) is 0 Å². The number of alkyl carbamates (subject to hydrolysis) is 1. The van der Waals surface area contributed by atoms with Crippen LogP contribution in [0.3, 0.4) is 0 Å². The molecule has 0 aliphatic rings. The van der Waals surface area contributed by atoms with Gasteiger partial charge in [-0.3, -0.25) is 0 Å². The molecule has 5 heteroatoms. The van der Waals surface area contributed by atoms with E-state index >= 15 is 0 Å². The number of nitrogens with one attached hydrogen (secondary N) is 2. The Morgan fingerprint density at radius 3 is 2.95 bits per heavy atom. The lowest BCUT2D eigenvalue weighted by atomic mass is 10.2. The van der Waals surface area contributed by atoms with E-state index in [1.165, 1.54) is 0 Å². The Kier molecular flexibility index (Phi) is 5.23. The maximum Gasteiger partial charge on any atom is 0.407 e. The van der Waals surface area contributed by atoms with E-state index in [1.807, 2.05) is 30.3 Å². The van der Waals surface area contributed by atoms with Crippen molar-refractivity contribution >= 4 is 6.09 Å². The van der Waals surface area contributed by atoms with Gasteiger partial charge in [0.15, 0.2) is 5.82 Å². The molecule has 0 aliphatic heterocycles. The number of hydrogen-bond donors (Lipinski definition) is 2. The van der Waals surface area contributed by atoms with Gasteiger partial charge in [-0.1, -0.05) is 36.3 Å². The number of H-pyrrole nitrogens is 1. The van der Waals surface area contributed by atoms with Gasteiger partial charge in [-0.05, 0) is 11.5 Å². The minimum atomic E-state index is -0.436. The third-order valence-corrected chi connectivity index (χ3v) is 2.44. The largest absolute Gasteiger partial charge is 0.445 e. The molecule has 1 amide bonds. The molecule has 2 aromatic rings. The summed E-state index contributed by atoms with van der Waals surface area (Å²) < 4.78 is 5.06. The summed E-state index contributed by atoms with van der Waals surface area (Å²) >= 11 is 0. The van der Waals surface area contributed by atoms with Crippen LogP contribution < -0.4 is 5.32 Å². The lowest BCUT2D eigenvalue weighted by molar-refractivity contribution is 0.140. The number of aromatic nitrogens is 2. The molecule has 0 saturated heterocycles. The predicted molar refractivity (Wildman–Crippen MR) is 74.7 cm³/mol. The van der Waals surface area contributed by atoms with Crippen LogP contribution in [-0.2, 0) is 11.3 Å². The smallest absolute Gasteiger partial charge is 0.407 e. The molecule has 0 unspecified atom stereocenters. The predicted octanol–water partition coefficient (Wildman–Crippen LogP) is 2.08. The number of carbonyl (C=O) groups excluding carboxylic acids is 1. The molecule has 0 radical (unpaired) electrons. The number of aromatic amines is 1. The van der Waals surface area contributed by atoms with Crippen molar-refractivity contribution in [2.75, 3.05) is 6.54 Å². The molecule has 1 aromatic heterocycles. The number of amides is 1. The summed E-state index contributed by atoms with van der Waals surface area (Å²) in [6, 6.07) is 9.53. The maximum atomic E-state index is 11.4. The van der Waals surface area contributed by atoms with Crippen LogP contribution >= 0.6 is 0 Å². The Balaban J connectivity index is 1.61. The number of rotatable bonds is 4. The van der Waals surface area contributed by atoms with Crippen LogP contribution in [0, 0.1) is 11.8 Å². The number of carbonyl (C=O) groups is 1. The van der Waals surface area contributed by atoms with Crippen molar-refractivity contribution in [3.63, 3.8) is 0 Å². The van der Waals surface area contributed by atoms with Crippen LogP contribution in [0.25, 0.3) is 0 Å². The molecule has 0 aliphatic carbocycles. The van der Waals surface area contributed by atoms with Gasteiger partial charge in [0, 0.05) is 25.4 Å². The SMILES string of the molecule is O=C(NCCC#Cc1ncc[nH]1)OCc1ccccc1. The monoisotopic (exact) mass is 269 g/mol. The molecule has 0 bridgehead atoms. The first kappa shape index (κ1) is 13.7. The van der Waals surface area contributed by atoms with Gasteiger partial charge >= 0.3 is 6.09 Å². The van der Waals surface area contributed by atoms with Gasteiger partial charge in [0.2, 0.25) is 0 Å². The molecule has 0 spiro atoms. The Morgan fingerprint density at radius 1 is 1.35 bits per heavy atom. The first-order chi connectivity index (χ1) is 9.84. The van der Waals surface area contributed by atoms with E-state index in [9.17, 15) is 4.79 Å². The first-order valence-corrected chi connectivity index (χ1v) is 6.27. The number of benzene rings is 1. The summed E-state index contributed by atoms with van der Waals surface area (Å²) in [6.45, 7) is 0.714. The fraction of sp³-hybridized carbons (Fsp3) is 0.200. The van der Waals surface area contributed by atoms with Crippen LogP contribution in [0.2, 0.25) is 0 Å². The maximum absolute atomic E-state index is 11.4. The molecular formula is C15H15N3O2. The molecule has 0 fully saturated rings. The molecule has 2 rings (SSSR count). The van der Waals surface area contributed by atoms with Crippen LogP contribution in [0.1, 0.15) is 17.8 Å². The second kappa shape index (κ2) is 7.64. The average Bonchev–Trinajstić information content (AvgIpc) is 2.99. The highest BCUT2D eigenvalue weighted by Gasteiger charge is 2.00. The van der Waals surface area contributed by atoms with E-state index in [1.54, 1.807) is 12.4 Å². The third-order valence-electron chi connectivity index (χ3n) is 2.44. The van der Waals surface area contributed by atoms with Gasteiger partial charge in [0.25, 0.3) is 0 Å². The molecule has 20 heavy (non-hydrogen) atoms. The summed E-state index contributed by atoms with van der Waals surface area (Å²) in [4.78, 5) is 18.3. The highest BCUT2D eigenvalue weighted by Crippen LogP contribution is 2.00. The molecule has 0 saturated carbocycles. The fourth-order valence-electron chi connectivity index (χ4n) is 1.48. The van der Waals surface area contributed by atoms with E-state index in [-0.39, 0.29) is 6.61 Å². The number of ether oxygens (including phenoxy) is 1. The Hall–Kier alpha value is -2.74. The minimum absolute atomic E-state index is 0.269. The van der Waals surface area contributed by atoms with E-state index in [0.29, 0.717) is 18.8 Å². The van der Waals surface area contributed by atoms with Gasteiger partial charge in [0.05, 0.1) is 0 Å². The molecular weight excluding hydrogens is 254 g/mol. The zero-order valence-corrected chi connectivity index (χ0v) is 10.9. The van der Waals surface area contributed by atoms with Crippen molar-refractivity contribution < 1.29 is 9.53 Å². The zero-order chi connectivity index (χ0) is 14.0. The normalized spacial score (nSPS) is 9.40. The first-order valence-electron chi connectivity index (χ1n) is 6.27. The van der Waals surface area contributed by atoms with E-state index in [2.05, 4.69) is 27.1 Å². The highest BCUT2D eigenvalue weighted by molar-refractivity contribution is 5.67. The highest BCUT2D eigenvalue weighted by atomic mass is 16.5. The molecule has 1 aromatic carbocycles. The van der Waals surface area contributed by atoms with E-state index in [4.69, 9.17) is 4.74 Å². The van der Waals surface area contributed by atoms with Crippen molar-refractivity contribution in [2.45, 2.75) is 13.0 Å². The molecule has 2 N–H and O–H groups in total. The summed E-state index contributed by atoms with van der Waals surface area (Å²) in [6.07, 6.45) is 3.46. The number of imidazole rings is 1. The van der Waals surface area contributed by atoms with Gasteiger partial charge in [0.1, 0.15) is 6.61 Å². The van der Waals surface area contributed by atoms with Gasteiger partial charge in [-0.2, -0.15) is 0 Å². The average molecular weight is 269 g/mol. The summed E-state index contributed by atoms with van der Waals surface area (Å²) in [7, 11) is 0. The third kappa shape index (κ3) is 4.86. The topological polar surface area (TPSA) is 67.0 Å². The zero-order valence-electron chi connectivity index (χ0n) is 10.9. The lowest BCUT2D eigenvalue weighted by Gasteiger charge is -2.05. The molecule has 102 valence electrons. The Bertz CT molecular complexity index is 583. The summed E-state index contributed by atoms with van der Waals surface area (Å²) in [5.74, 6) is 6.37. The molecule has 1 heterocycles. The quantitative estimate of drug-likeness (QED) is 0.659. The molecule has 5 nitrogen and oxygen atoms in total. The van der Waals surface area contributed by atoms with Gasteiger partial charge < -0.3 is 15.0 Å². The Labute approximate surface area is 117 Å². The molecule has 0 atom stereocenters. The van der Waals surface area contributed by atoms with Crippen molar-refractivity contribution in [1.82, 2.24) is 15.3 Å². The van der Waals surface area contributed by atoms with Gasteiger partial charge in [-0.15, -0.1) is 0 Å².